The summed E-state index contributed by atoms with van der Waals surface area (Å²) >= 11 is 0. The zero-order valence-corrected chi connectivity index (χ0v) is 13.4. The van der Waals surface area contributed by atoms with Crippen LogP contribution in [0, 0.1) is 0 Å². The molecule has 11 nitrogen and oxygen atoms in total. The van der Waals surface area contributed by atoms with Crippen LogP contribution in [-0.2, 0) is 48.3 Å². The lowest BCUT2D eigenvalue weighted by Crippen LogP contribution is -2.35. The molecule has 0 aliphatic rings. The lowest BCUT2D eigenvalue weighted by Gasteiger charge is -2.12. The molecular formula is C13H19NO10. The number of nitrogens with two attached hydrogens (primary N) is 1. The van der Waals surface area contributed by atoms with E-state index in [1.807, 2.05) is 0 Å². The molecule has 0 heterocycles. The van der Waals surface area contributed by atoms with Crippen molar-refractivity contribution < 1.29 is 48.3 Å². The lowest BCUT2D eigenvalue weighted by atomic mass is 10.3. The summed E-state index contributed by atoms with van der Waals surface area (Å²) in [5, 5.41) is 0. The molecule has 0 aromatic carbocycles. The molecule has 2 atom stereocenters. The summed E-state index contributed by atoms with van der Waals surface area (Å²) in [6.07, 6.45) is -2.29. The van der Waals surface area contributed by atoms with Crippen LogP contribution in [0.1, 0.15) is 40.0 Å². The molecule has 0 spiro atoms. The lowest BCUT2D eigenvalue weighted by molar-refractivity contribution is -0.266. The second-order valence-electron chi connectivity index (χ2n) is 4.49. The molecule has 0 fully saturated rings. The first kappa shape index (κ1) is 21.3. The van der Waals surface area contributed by atoms with Gasteiger partial charge in [-0.05, 0) is 13.8 Å². The van der Waals surface area contributed by atoms with E-state index >= 15 is 0 Å². The Balaban J connectivity index is 4.00. The fourth-order valence-electron chi connectivity index (χ4n) is 0.924. The van der Waals surface area contributed by atoms with Crippen LogP contribution in [0.25, 0.3) is 0 Å². The molecule has 0 aliphatic carbocycles. The number of hydrogen-bond acceptors (Lipinski definition) is 11. The topological polar surface area (TPSA) is 158 Å². The van der Waals surface area contributed by atoms with Gasteiger partial charge < -0.3 is 10.5 Å². The summed E-state index contributed by atoms with van der Waals surface area (Å²) in [5.74, 6) is -4.78. The van der Waals surface area contributed by atoms with E-state index in [-0.39, 0.29) is 6.42 Å². The predicted octanol–water partition coefficient (Wildman–Crippen LogP) is -0.542. The summed E-state index contributed by atoms with van der Waals surface area (Å²) in [4.78, 5) is 72.1. The van der Waals surface area contributed by atoms with Gasteiger partial charge in [-0.3, -0.25) is 4.79 Å². The summed E-state index contributed by atoms with van der Waals surface area (Å²) in [5.41, 5.74) is 5.24. The highest BCUT2D eigenvalue weighted by Gasteiger charge is 2.23. The Labute approximate surface area is 137 Å². The van der Waals surface area contributed by atoms with Crippen LogP contribution >= 0.6 is 0 Å². The molecule has 2 unspecified atom stereocenters. The van der Waals surface area contributed by atoms with Crippen molar-refractivity contribution in [3.8, 4) is 0 Å². The SMILES string of the molecule is CCC(=O)OOC(=O)CCC(=O)OOC(=O)C(C)OC(=O)C(C)N. The maximum Gasteiger partial charge on any atom is 0.395 e. The normalized spacial score (nSPS) is 12.3. The Morgan fingerprint density at radius 2 is 1.25 bits per heavy atom. The number of ether oxygens (including phenoxy) is 1. The van der Waals surface area contributed by atoms with E-state index in [0.717, 1.165) is 0 Å². The molecular weight excluding hydrogens is 330 g/mol. The van der Waals surface area contributed by atoms with Crippen LogP contribution < -0.4 is 5.73 Å². The minimum absolute atomic E-state index is 0.0109. The van der Waals surface area contributed by atoms with Crippen molar-refractivity contribution in [2.75, 3.05) is 0 Å². The van der Waals surface area contributed by atoms with Crippen LogP contribution in [0.2, 0.25) is 0 Å². The van der Waals surface area contributed by atoms with Crippen molar-refractivity contribution in [3.05, 3.63) is 0 Å². The minimum atomic E-state index is -1.34. The molecule has 136 valence electrons. The Hall–Kier alpha value is -2.69. The van der Waals surface area contributed by atoms with E-state index < -0.39 is 54.8 Å². The molecule has 11 heteroatoms. The molecule has 0 radical (unpaired) electrons. The monoisotopic (exact) mass is 349 g/mol. The fraction of sp³-hybridized carbons (Fsp3) is 0.615. The molecule has 0 aliphatic heterocycles. The Kier molecular flexibility index (Phi) is 9.71. The predicted molar refractivity (Wildman–Crippen MR) is 73.1 cm³/mol. The molecule has 0 amide bonds. The summed E-state index contributed by atoms with van der Waals surface area (Å²) in [6.45, 7) is 4.04. The largest absolute Gasteiger partial charge is 0.449 e. The van der Waals surface area contributed by atoms with Gasteiger partial charge in [0.15, 0.2) is 0 Å². The highest BCUT2D eigenvalue weighted by molar-refractivity contribution is 5.82. The third-order valence-corrected chi connectivity index (χ3v) is 2.26. The van der Waals surface area contributed by atoms with Crippen LogP contribution in [0.3, 0.4) is 0 Å². The van der Waals surface area contributed by atoms with E-state index in [4.69, 9.17) is 5.73 Å². The molecule has 0 saturated carbocycles. The van der Waals surface area contributed by atoms with Crippen LogP contribution in [0.5, 0.6) is 0 Å². The maximum absolute atomic E-state index is 11.4. The summed E-state index contributed by atoms with van der Waals surface area (Å²) in [6, 6.07) is -0.935. The van der Waals surface area contributed by atoms with Gasteiger partial charge in [0.05, 0.1) is 12.8 Å². The Morgan fingerprint density at radius 1 is 0.792 bits per heavy atom. The van der Waals surface area contributed by atoms with E-state index in [1.54, 1.807) is 0 Å². The molecule has 0 rings (SSSR count). The van der Waals surface area contributed by atoms with Gasteiger partial charge in [-0.1, -0.05) is 6.92 Å². The van der Waals surface area contributed by atoms with Crippen molar-refractivity contribution in [2.24, 2.45) is 5.73 Å². The van der Waals surface area contributed by atoms with Crippen molar-refractivity contribution in [2.45, 2.75) is 52.2 Å². The van der Waals surface area contributed by atoms with E-state index in [1.165, 1.54) is 20.8 Å². The quantitative estimate of drug-likeness (QED) is 0.357. The zero-order chi connectivity index (χ0) is 18.7. The van der Waals surface area contributed by atoms with Crippen molar-refractivity contribution in [1.82, 2.24) is 0 Å². The van der Waals surface area contributed by atoms with Crippen molar-refractivity contribution in [3.63, 3.8) is 0 Å². The highest BCUT2D eigenvalue weighted by atomic mass is 17.2. The van der Waals surface area contributed by atoms with Gasteiger partial charge in [0.25, 0.3) is 0 Å². The molecule has 2 N–H and O–H groups in total. The molecule has 0 aromatic heterocycles. The average Bonchev–Trinajstić information content (AvgIpc) is 2.54. The highest BCUT2D eigenvalue weighted by Crippen LogP contribution is 2.01. The summed E-state index contributed by atoms with van der Waals surface area (Å²) in [7, 11) is 0. The first-order valence-corrected chi connectivity index (χ1v) is 6.94. The van der Waals surface area contributed by atoms with Crippen LogP contribution in [-0.4, -0.2) is 42.0 Å². The molecule has 24 heavy (non-hydrogen) atoms. The second-order valence-corrected chi connectivity index (χ2v) is 4.49. The Bertz CT molecular complexity index is 487. The van der Waals surface area contributed by atoms with E-state index in [9.17, 15) is 24.0 Å². The van der Waals surface area contributed by atoms with Crippen molar-refractivity contribution in [1.29, 1.82) is 0 Å². The number of hydrogen-bond donors (Lipinski definition) is 1. The number of carbonyl (C=O) groups excluding carboxylic acids is 5. The first-order valence-electron chi connectivity index (χ1n) is 6.94. The first-order chi connectivity index (χ1) is 11.2. The minimum Gasteiger partial charge on any atom is -0.449 e. The zero-order valence-electron chi connectivity index (χ0n) is 13.4. The molecule has 0 saturated heterocycles. The number of carbonyl (C=O) groups is 5. The molecule has 0 aromatic rings. The van der Waals surface area contributed by atoms with Gasteiger partial charge in [0, 0.05) is 6.42 Å². The van der Waals surface area contributed by atoms with Crippen molar-refractivity contribution >= 4 is 29.8 Å². The fourth-order valence-corrected chi connectivity index (χ4v) is 0.924. The second kappa shape index (κ2) is 10.9. The van der Waals surface area contributed by atoms with E-state index in [2.05, 4.69) is 24.3 Å². The van der Waals surface area contributed by atoms with Gasteiger partial charge in [0.2, 0.25) is 6.10 Å². The van der Waals surface area contributed by atoms with E-state index in [0.29, 0.717) is 0 Å². The Morgan fingerprint density at radius 3 is 1.71 bits per heavy atom. The third kappa shape index (κ3) is 9.35. The number of rotatable bonds is 7. The van der Waals surface area contributed by atoms with Gasteiger partial charge in [-0.2, -0.15) is 0 Å². The van der Waals surface area contributed by atoms with Gasteiger partial charge in [-0.15, -0.1) is 0 Å². The number of esters is 1. The average molecular weight is 349 g/mol. The summed E-state index contributed by atoms with van der Waals surface area (Å²) < 4.78 is 4.62. The standard InChI is InChI=1S/C13H19NO10/c1-4-9(15)21-22-10(16)5-6-11(17)23-24-13(19)8(3)20-12(18)7(2)14/h7-8H,4-6,14H2,1-3H3. The molecule has 0 bridgehead atoms. The smallest absolute Gasteiger partial charge is 0.395 e. The van der Waals surface area contributed by atoms with Gasteiger partial charge in [0.1, 0.15) is 6.04 Å². The van der Waals surface area contributed by atoms with Gasteiger partial charge >= 0.3 is 29.8 Å². The van der Waals surface area contributed by atoms with Crippen LogP contribution in [0.4, 0.5) is 0 Å². The van der Waals surface area contributed by atoms with Crippen LogP contribution in [0.15, 0.2) is 0 Å². The van der Waals surface area contributed by atoms with Gasteiger partial charge in [-0.25, -0.2) is 38.7 Å². The maximum atomic E-state index is 11.4. The third-order valence-electron chi connectivity index (χ3n) is 2.26.